The fourth-order valence-electron chi connectivity index (χ4n) is 3.64. The summed E-state index contributed by atoms with van der Waals surface area (Å²) in [6.07, 6.45) is -0.917. The SMILES string of the molecule is C[C@@H](O)[C@H]1C(=O)N2C(C(=O)OCc3ccc([N+](=O)[O-])cc3)=C(c3ccc([N+](=O)[O-])cc3)S[C@H]12. The summed E-state index contributed by atoms with van der Waals surface area (Å²) in [5.41, 5.74) is 0.803. The summed E-state index contributed by atoms with van der Waals surface area (Å²) >= 11 is 1.21. The quantitative estimate of drug-likeness (QED) is 0.278. The molecule has 2 aliphatic heterocycles. The molecule has 2 aliphatic rings. The molecule has 0 radical (unpaired) electrons. The number of thioether (sulfide) groups is 1. The van der Waals surface area contributed by atoms with Crippen LogP contribution in [0.4, 0.5) is 11.4 Å². The minimum Gasteiger partial charge on any atom is -0.456 e. The Morgan fingerprint density at radius 3 is 2.15 bits per heavy atom. The van der Waals surface area contributed by atoms with Crippen LogP contribution < -0.4 is 0 Å². The molecule has 33 heavy (non-hydrogen) atoms. The van der Waals surface area contributed by atoms with E-state index in [-0.39, 0.29) is 23.7 Å². The molecule has 1 fully saturated rings. The molecule has 2 aromatic carbocycles. The normalized spacial score (nSPS) is 20.2. The lowest BCUT2D eigenvalue weighted by molar-refractivity contribution is -0.385. The van der Waals surface area contributed by atoms with Gasteiger partial charge in [-0.05, 0) is 42.3 Å². The molecule has 0 spiro atoms. The predicted molar refractivity (Wildman–Crippen MR) is 116 cm³/mol. The van der Waals surface area contributed by atoms with Crippen LogP contribution in [0.1, 0.15) is 18.1 Å². The Balaban J connectivity index is 1.61. The van der Waals surface area contributed by atoms with Crippen LogP contribution in [0, 0.1) is 26.1 Å². The smallest absolute Gasteiger partial charge is 0.356 e. The number of nitro groups is 2. The van der Waals surface area contributed by atoms with Crippen molar-refractivity contribution in [2.45, 2.75) is 25.0 Å². The molecule has 170 valence electrons. The van der Waals surface area contributed by atoms with Crippen LogP contribution in [0.2, 0.25) is 0 Å². The molecule has 2 heterocycles. The van der Waals surface area contributed by atoms with E-state index >= 15 is 0 Å². The predicted octanol–water partition coefficient (Wildman–Crippen LogP) is 2.83. The second-order valence-electron chi connectivity index (χ2n) is 7.46. The summed E-state index contributed by atoms with van der Waals surface area (Å²) < 4.78 is 5.38. The minimum absolute atomic E-state index is 0.00247. The summed E-state index contributed by atoms with van der Waals surface area (Å²) in [6.45, 7) is 1.32. The topological polar surface area (TPSA) is 153 Å². The summed E-state index contributed by atoms with van der Waals surface area (Å²) in [4.78, 5) is 48.0. The van der Waals surface area contributed by atoms with Gasteiger partial charge >= 0.3 is 5.97 Å². The van der Waals surface area contributed by atoms with Crippen molar-refractivity contribution >= 4 is 39.9 Å². The number of nitro benzene ring substituents is 2. The maximum Gasteiger partial charge on any atom is 0.356 e. The zero-order valence-electron chi connectivity index (χ0n) is 17.1. The Kier molecular flexibility index (Phi) is 5.87. The van der Waals surface area contributed by atoms with Crippen molar-refractivity contribution in [2.24, 2.45) is 5.92 Å². The van der Waals surface area contributed by atoms with E-state index in [0.29, 0.717) is 16.0 Å². The van der Waals surface area contributed by atoms with Gasteiger partial charge in [0.05, 0.1) is 21.9 Å². The Hall–Kier alpha value is -3.77. The number of hydrogen-bond acceptors (Lipinski definition) is 9. The average Bonchev–Trinajstić information content (AvgIpc) is 3.12. The standard InChI is InChI=1S/C21H17N3O8S/c1-11(25)16-19(26)22-17(21(27)32-10-12-2-6-14(7-3-12)23(28)29)18(33-20(16)22)13-4-8-15(9-5-13)24(30)31/h2-9,11,16,20,25H,10H2,1H3/t11-,16+,20-/m1/s1. The fraction of sp³-hybridized carbons (Fsp3) is 0.238. The molecule has 3 atom stereocenters. The fourth-order valence-corrected chi connectivity index (χ4v) is 5.25. The summed E-state index contributed by atoms with van der Waals surface area (Å²) in [5.74, 6) is -1.89. The molecule has 0 saturated carbocycles. The molecule has 2 aromatic rings. The first-order chi connectivity index (χ1) is 15.7. The molecule has 12 heteroatoms. The van der Waals surface area contributed by atoms with E-state index in [9.17, 15) is 34.9 Å². The molecular formula is C21H17N3O8S. The number of ether oxygens (including phenoxy) is 1. The number of aliphatic hydroxyl groups is 1. The number of hydrogen-bond donors (Lipinski definition) is 1. The van der Waals surface area contributed by atoms with Gasteiger partial charge in [-0.3, -0.25) is 29.9 Å². The second-order valence-corrected chi connectivity index (χ2v) is 8.59. The van der Waals surface area contributed by atoms with Gasteiger partial charge < -0.3 is 9.84 Å². The van der Waals surface area contributed by atoms with Crippen LogP contribution in [-0.4, -0.2) is 43.2 Å². The van der Waals surface area contributed by atoms with E-state index < -0.39 is 39.1 Å². The van der Waals surface area contributed by atoms with Crippen molar-refractivity contribution in [1.29, 1.82) is 0 Å². The highest BCUT2D eigenvalue weighted by Gasteiger charge is 2.58. The van der Waals surface area contributed by atoms with Crippen molar-refractivity contribution in [3.05, 3.63) is 85.6 Å². The summed E-state index contributed by atoms with van der Waals surface area (Å²) in [7, 11) is 0. The van der Waals surface area contributed by atoms with E-state index in [0.717, 1.165) is 0 Å². The van der Waals surface area contributed by atoms with E-state index in [1.807, 2.05) is 0 Å². The number of rotatable bonds is 7. The van der Waals surface area contributed by atoms with Crippen LogP contribution in [-0.2, 0) is 20.9 Å². The van der Waals surface area contributed by atoms with Crippen LogP contribution in [0.15, 0.2) is 54.2 Å². The number of fused-ring (bicyclic) bond motifs is 1. The third-order valence-corrected chi connectivity index (χ3v) is 6.76. The van der Waals surface area contributed by atoms with Crippen molar-refractivity contribution in [3.8, 4) is 0 Å². The van der Waals surface area contributed by atoms with Gasteiger partial charge in [0.15, 0.2) is 0 Å². The highest BCUT2D eigenvalue weighted by Crippen LogP contribution is 2.54. The van der Waals surface area contributed by atoms with Gasteiger partial charge in [0.1, 0.15) is 17.7 Å². The molecule has 4 rings (SSSR count). The van der Waals surface area contributed by atoms with E-state index in [2.05, 4.69) is 0 Å². The number of nitrogens with zero attached hydrogens (tertiary/aromatic N) is 3. The van der Waals surface area contributed by atoms with Crippen molar-refractivity contribution in [3.63, 3.8) is 0 Å². The Bertz CT molecular complexity index is 1180. The lowest BCUT2D eigenvalue weighted by atomic mass is 9.92. The Labute approximate surface area is 190 Å². The number of benzene rings is 2. The number of esters is 1. The Morgan fingerprint density at radius 1 is 1.09 bits per heavy atom. The third-order valence-electron chi connectivity index (χ3n) is 5.35. The van der Waals surface area contributed by atoms with Crippen molar-refractivity contribution < 1.29 is 29.3 Å². The highest BCUT2D eigenvalue weighted by atomic mass is 32.2. The lowest BCUT2D eigenvalue weighted by Crippen LogP contribution is -2.60. The molecule has 0 unspecified atom stereocenters. The molecular weight excluding hydrogens is 454 g/mol. The second kappa shape index (κ2) is 8.64. The molecule has 1 N–H and O–H groups in total. The van der Waals surface area contributed by atoms with Crippen LogP contribution in [0.5, 0.6) is 0 Å². The maximum absolute atomic E-state index is 13.0. The molecule has 1 saturated heterocycles. The van der Waals surface area contributed by atoms with Crippen LogP contribution in [0.25, 0.3) is 4.91 Å². The van der Waals surface area contributed by atoms with Crippen LogP contribution >= 0.6 is 11.8 Å². The molecule has 0 bridgehead atoms. The minimum atomic E-state index is -0.917. The number of amides is 1. The first-order valence-electron chi connectivity index (χ1n) is 9.76. The highest BCUT2D eigenvalue weighted by molar-refractivity contribution is 8.09. The van der Waals surface area contributed by atoms with Gasteiger partial charge in [0.2, 0.25) is 5.91 Å². The van der Waals surface area contributed by atoms with Gasteiger partial charge in [-0.1, -0.05) is 11.8 Å². The van der Waals surface area contributed by atoms with E-state index in [4.69, 9.17) is 4.74 Å². The number of carbonyl (C=O) groups excluding carboxylic acids is 2. The van der Waals surface area contributed by atoms with Crippen molar-refractivity contribution in [1.82, 2.24) is 4.90 Å². The number of aliphatic hydroxyl groups excluding tert-OH is 1. The number of carbonyl (C=O) groups is 2. The third kappa shape index (κ3) is 4.05. The number of β-lactam (4-membered cyclic amide) rings is 1. The first kappa shape index (κ1) is 22.4. The van der Waals surface area contributed by atoms with E-state index in [1.54, 1.807) is 0 Å². The lowest BCUT2D eigenvalue weighted by Gasteiger charge is -2.43. The van der Waals surface area contributed by atoms with Crippen LogP contribution in [0.3, 0.4) is 0 Å². The molecule has 0 aliphatic carbocycles. The Morgan fingerprint density at radius 2 is 1.64 bits per heavy atom. The van der Waals surface area contributed by atoms with Gasteiger partial charge in [0, 0.05) is 29.2 Å². The van der Waals surface area contributed by atoms with Crippen molar-refractivity contribution in [2.75, 3.05) is 0 Å². The monoisotopic (exact) mass is 471 g/mol. The molecule has 0 aromatic heterocycles. The first-order valence-corrected chi connectivity index (χ1v) is 10.6. The number of non-ortho nitro benzene ring substituents is 2. The summed E-state index contributed by atoms with van der Waals surface area (Å²) in [5, 5.41) is 31.2. The largest absolute Gasteiger partial charge is 0.456 e. The van der Waals surface area contributed by atoms with Gasteiger partial charge in [-0.25, -0.2) is 4.79 Å². The van der Waals surface area contributed by atoms with E-state index in [1.165, 1.54) is 72.1 Å². The summed E-state index contributed by atoms with van der Waals surface area (Å²) in [6, 6.07) is 11.1. The van der Waals surface area contributed by atoms with Gasteiger partial charge in [0.25, 0.3) is 11.4 Å². The van der Waals surface area contributed by atoms with Gasteiger partial charge in [-0.15, -0.1) is 0 Å². The zero-order valence-corrected chi connectivity index (χ0v) is 17.9. The molecule has 11 nitrogen and oxygen atoms in total. The molecule has 1 amide bonds. The zero-order chi connectivity index (χ0) is 23.9. The maximum atomic E-state index is 13.0. The average molecular weight is 471 g/mol. The van der Waals surface area contributed by atoms with Gasteiger partial charge in [-0.2, -0.15) is 0 Å².